The number of nitrogens with zero attached hydrogens (tertiary/aromatic N) is 4. The Bertz CT molecular complexity index is 1090. The molecule has 3 aromatic rings. The Kier molecular flexibility index (Phi) is 4.35. The molecule has 5 rings (SSSR count). The summed E-state index contributed by atoms with van der Waals surface area (Å²) in [5.41, 5.74) is 4.81. The number of aryl methyl sites for hydroxylation is 1. The predicted octanol–water partition coefficient (Wildman–Crippen LogP) is 2.45. The van der Waals surface area contributed by atoms with E-state index >= 15 is 0 Å². The zero-order chi connectivity index (χ0) is 20.0. The Morgan fingerprint density at radius 2 is 2.07 bits per heavy atom. The second-order valence-corrected chi connectivity index (χ2v) is 7.62. The van der Waals surface area contributed by atoms with E-state index in [4.69, 9.17) is 9.47 Å². The summed E-state index contributed by atoms with van der Waals surface area (Å²) < 4.78 is 13.1. The molecule has 150 valence electrons. The number of aromatic nitrogens is 3. The van der Waals surface area contributed by atoms with Gasteiger partial charge in [-0.1, -0.05) is 0 Å². The van der Waals surface area contributed by atoms with Crippen LogP contribution in [-0.2, 0) is 11.2 Å². The van der Waals surface area contributed by atoms with Crippen LogP contribution in [-0.4, -0.2) is 52.9 Å². The Hall–Kier alpha value is -3.13. The first-order valence-electron chi connectivity index (χ1n) is 9.86. The van der Waals surface area contributed by atoms with E-state index in [1.807, 2.05) is 25.3 Å². The van der Waals surface area contributed by atoms with Crippen molar-refractivity contribution in [2.45, 2.75) is 26.4 Å². The van der Waals surface area contributed by atoms with Crippen LogP contribution in [0, 0.1) is 6.92 Å². The second-order valence-electron chi connectivity index (χ2n) is 7.62. The van der Waals surface area contributed by atoms with Crippen molar-refractivity contribution in [3.8, 4) is 5.75 Å². The van der Waals surface area contributed by atoms with E-state index in [2.05, 4.69) is 27.2 Å². The summed E-state index contributed by atoms with van der Waals surface area (Å²) in [6.45, 7) is 6.87. The number of amides is 1. The highest BCUT2D eigenvalue weighted by Crippen LogP contribution is 2.39. The van der Waals surface area contributed by atoms with Gasteiger partial charge in [0, 0.05) is 43.5 Å². The number of benzene rings is 1. The third-order valence-electron chi connectivity index (χ3n) is 5.34. The quantitative estimate of drug-likeness (QED) is 0.736. The largest absolute Gasteiger partial charge is 0.490 e. The van der Waals surface area contributed by atoms with Gasteiger partial charge < -0.3 is 19.7 Å². The van der Waals surface area contributed by atoms with Crippen molar-refractivity contribution in [1.82, 2.24) is 14.6 Å². The minimum Gasteiger partial charge on any atom is -0.490 e. The number of carbonyl (C=O) groups is 1. The molecule has 1 N–H and O–H groups in total. The fourth-order valence-corrected chi connectivity index (χ4v) is 3.94. The van der Waals surface area contributed by atoms with Crippen LogP contribution in [0.1, 0.15) is 28.4 Å². The number of fused-ring (bicyclic) bond motifs is 2. The molecule has 1 fully saturated rings. The number of hydrogen-bond acceptors (Lipinski definition) is 6. The van der Waals surface area contributed by atoms with Gasteiger partial charge in [0.15, 0.2) is 5.65 Å². The lowest BCUT2D eigenvalue weighted by molar-refractivity contribution is 0.102. The van der Waals surface area contributed by atoms with E-state index in [1.54, 1.807) is 16.9 Å². The number of carbonyl (C=O) groups excluding carboxylic acids is 1. The molecule has 2 aliphatic rings. The Morgan fingerprint density at radius 1 is 1.24 bits per heavy atom. The molecule has 1 unspecified atom stereocenters. The number of hydrogen-bond donors (Lipinski definition) is 1. The van der Waals surface area contributed by atoms with Crippen LogP contribution in [0.15, 0.2) is 30.7 Å². The minimum absolute atomic E-state index is 0.139. The first kappa shape index (κ1) is 17.9. The van der Waals surface area contributed by atoms with E-state index in [9.17, 15) is 4.79 Å². The average Bonchev–Trinajstić information content (AvgIpc) is 3.29. The smallest absolute Gasteiger partial charge is 0.261 e. The highest BCUT2D eigenvalue weighted by atomic mass is 16.5. The topological polar surface area (TPSA) is 81.0 Å². The summed E-state index contributed by atoms with van der Waals surface area (Å²) in [7, 11) is 0. The summed E-state index contributed by atoms with van der Waals surface area (Å²) in [5, 5.41) is 7.36. The maximum absolute atomic E-state index is 13.1. The molecule has 1 aromatic carbocycles. The summed E-state index contributed by atoms with van der Waals surface area (Å²) in [5.74, 6) is 0.669. The van der Waals surface area contributed by atoms with E-state index in [0.29, 0.717) is 24.4 Å². The van der Waals surface area contributed by atoms with E-state index in [-0.39, 0.29) is 12.0 Å². The molecule has 0 saturated carbocycles. The van der Waals surface area contributed by atoms with E-state index in [1.165, 1.54) is 0 Å². The van der Waals surface area contributed by atoms with Crippen LogP contribution in [0.25, 0.3) is 5.65 Å². The highest BCUT2D eigenvalue weighted by Gasteiger charge is 2.25. The monoisotopic (exact) mass is 393 g/mol. The molecule has 4 heterocycles. The van der Waals surface area contributed by atoms with Gasteiger partial charge in [-0.3, -0.25) is 4.79 Å². The molecule has 8 nitrogen and oxygen atoms in total. The third-order valence-corrected chi connectivity index (χ3v) is 5.34. The van der Waals surface area contributed by atoms with Crippen LogP contribution in [0.2, 0.25) is 0 Å². The van der Waals surface area contributed by atoms with Gasteiger partial charge in [0.05, 0.1) is 30.8 Å². The molecular formula is C21H23N5O3. The van der Waals surface area contributed by atoms with Crippen LogP contribution in [0.5, 0.6) is 5.75 Å². The normalized spacial score (nSPS) is 18.6. The van der Waals surface area contributed by atoms with Crippen molar-refractivity contribution in [3.63, 3.8) is 0 Å². The van der Waals surface area contributed by atoms with Crippen LogP contribution in [0.3, 0.4) is 0 Å². The lowest BCUT2D eigenvalue weighted by atomic mass is 10.1. The molecule has 2 aromatic heterocycles. The van der Waals surface area contributed by atoms with Crippen LogP contribution >= 0.6 is 0 Å². The van der Waals surface area contributed by atoms with Crippen molar-refractivity contribution in [2.75, 3.05) is 36.5 Å². The molecular weight excluding hydrogens is 370 g/mol. The predicted molar refractivity (Wildman–Crippen MR) is 109 cm³/mol. The van der Waals surface area contributed by atoms with E-state index < -0.39 is 0 Å². The standard InChI is InChI=1S/C21H23N5O3/c1-13-10-22-20-16(11-23-26(20)12-13)21(27)24-17-8-15-7-14(2)29-19(15)9-18(17)25-3-5-28-6-4-25/h8-12,14H,3-7H2,1-2H3,(H,24,27). The molecule has 2 aliphatic heterocycles. The van der Waals surface area contributed by atoms with Gasteiger partial charge in [-0.25, -0.2) is 9.50 Å². The van der Waals surface area contributed by atoms with Gasteiger partial charge in [0.25, 0.3) is 5.91 Å². The van der Waals surface area contributed by atoms with Gasteiger partial charge in [0.2, 0.25) is 0 Å². The first-order chi connectivity index (χ1) is 14.1. The molecule has 1 atom stereocenters. The van der Waals surface area contributed by atoms with Crippen molar-refractivity contribution in [2.24, 2.45) is 0 Å². The average molecular weight is 393 g/mol. The summed E-state index contributed by atoms with van der Waals surface area (Å²) in [6, 6.07) is 4.07. The number of nitrogens with one attached hydrogen (secondary N) is 1. The SMILES string of the molecule is Cc1cnc2c(C(=O)Nc3cc4c(cc3N3CCOCC3)OC(C)C4)cnn2c1. The number of rotatable bonds is 3. The molecule has 1 amide bonds. The second kappa shape index (κ2) is 7.04. The molecule has 0 aliphatic carbocycles. The lowest BCUT2D eigenvalue weighted by Crippen LogP contribution is -2.36. The van der Waals surface area contributed by atoms with Crippen molar-refractivity contribution >= 4 is 22.9 Å². The Balaban J connectivity index is 1.50. The summed E-state index contributed by atoms with van der Waals surface area (Å²) >= 11 is 0. The zero-order valence-corrected chi connectivity index (χ0v) is 16.5. The molecule has 29 heavy (non-hydrogen) atoms. The minimum atomic E-state index is -0.224. The van der Waals surface area contributed by atoms with Gasteiger partial charge >= 0.3 is 0 Å². The Morgan fingerprint density at radius 3 is 2.90 bits per heavy atom. The van der Waals surface area contributed by atoms with Crippen LogP contribution < -0.4 is 15.0 Å². The third kappa shape index (κ3) is 3.29. The molecule has 8 heteroatoms. The maximum Gasteiger partial charge on any atom is 0.261 e. The fourth-order valence-electron chi connectivity index (χ4n) is 3.94. The number of ether oxygens (including phenoxy) is 2. The highest BCUT2D eigenvalue weighted by molar-refractivity contribution is 6.09. The van der Waals surface area contributed by atoms with Crippen molar-refractivity contribution in [1.29, 1.82) is 0 Å². The molecule has 0 radical (unpaired) electrons. The number of anilines is 2. The van der Waals surface area contributed by atoms with E-state index in [0.717, 1.165) is 47.8 Å². The maximum atomic E-state index is 13.1. The van der Waals surface area contributed by atoms with Crippen molar-refractivity contribution < 1.29 is 14.3 Å². The fraction of sp³-hybridized carbons (Fsp3) is 0.381. The summed E-state index contributed by atoms with van der Waals surface area (Å²) in [4.78, 5) is 19.7. The molecule has 1 saturated heterocycles. The molecule has 0 bridgehead atoms. The zero-order valence-electron chi connectivity index (χ0n) is 16.5. The van der Waals surface area contributed by atoms with Crippen molar-refractivity contribution in [3.05, 3.63) is 47.4 Å². The van der Waals surface area contributed by atoms with Gasteiger partial charge in [-0.05, 0) is 25.5 Å². The Labute approximate surface area is 168 Å². The first-order valence-corrected chi connectivity index (χ1v) is 9.86. The number of morpholine rings is 1. The van der Waals surface area contributed by atoms with Gasteiger partial charge in [-0.2, -0.15) is 5.10 Å². The molecule has 0 spiro atoms. The van der Waals surface area contributed by atoms with Gasteiger partial charge in [-0.15, -0.1) is 0 Å². The van der Waals surface area contributed by atoms with Crippen LogP contribution in [0.4, 0.5) is 11.4 Å². The lowest BCUT2D eigenvalue weighted by Gasteiger charge is -2.31. The summed E-state index contributed by atoms with van der Waals surface area (Å²) in [6.07, 6.45) is 6.12. The van der Waals surface area contributed by atoms with Gasteiger partial charge in [0.1, 0.15) is 17.4 Å².